The summed E-state index contributed by atoms with van der Waals surface area (Å²) in [5, 5.41) is 4.30. The highest BCUT2D eigenvalue weighted by Gasteiger charge is 2.33. The molecule has 3 heterocycles. The lowest BCUT2D eigenvalue weighted by Crippen LogP contribution is -2.38. The van der Waals surface area contributed by atoms with Gasteiger partial charge in [-0.05, 0) is 37.1 Å². The zero-order chi connectivity index (χ0) is 20.2. The Hall–Kier alpha value is -3.35. The average Bonchev–Trinajstić information content (AvgIpc) is 3.29. The smallest absolute Gasteiger partial charge is 0.223 e. The molecule has 7 nitrogen and oxygen atoms in total. The molecule has 3 aromatic rings. The van der Waals surface area contributed by atoms with Gasteiger partial charge in [-0.2, -0.15) is 5.10 Å². The van der Waals surface area contributed by atoms with E-state index in [0.717, 1.165) is 41.3 Å². The van der Waals surface area contributed by atoms with Crippen molar-refractivity contribution in [3.8, 4) is 17.3 Å². The Balaban J connectivity index is 1.74. The Morgan fingerprint density at radius 3 is 2.55 bits per heavy atom. The van der Waals surface area contributed by atoms with Gasteiger partial charge >= 0.3 is 0 Å². The van der Waals surface area contributed by atoms with Crippen molar-refractivity contribution < 1.29 is 14.3 Å². The number of pyridine rings is 1. The first-order chi connectivity index (χ1) is 14.2. The number of hydrogen-bond acceptors (Lipinski definition) is 5. The number of benzene rings is 1. The number of carbonyl (C=O) groups excluding carboxylic acids is 1. The molecule has 1 saturated heterocycles. The highest BCUT2D eigenvalue weighted by Crippen LogP contribution is 2.42. The van der Waals surface area contributed by atoms with Crippen molar-refractivity contribution in [1.82, 2.24) is 19.7 Å². The molecule has 2 aromatic heterocycles. The Morgan fingerprint density at radius 1 is 1.07 bits per heavy atom. The lowest BCUT2D eigenvalue weighted by atomic mass is 9.92. The van der Waals surface area contributed by atoms with E-state index < -0.39 is 0 Å². The number of methoxy groups -OCH3 is 2. The van der Waals surface area contributed by atoms with Gasteiger partial charge in [0.25, 0.3) is 0 Å². The number of likely N-dealkylation sites (tertiary alicyclic amines) is 1. The molecule has 0 saturated carbocycles. The number of aromatic nitrogens is 3. The molecule has 0 aliphatic carbocycles. The number of amides is 1. The first kappa shape index (κ1) is 19.0. The third-order valence-corrected chi connectivity index (χ3v) is 5.29. The van der Waals surface area contributed by atoms with E-state index in [9.17, 15) is 4.79 Å². The van der Waals surface area contributed by atoms with Gasteiger partial charge in [0.1, 0.15) is 11.5 Å². The summed E-state index contributed by atoms with van der Waals surface area (Å²) in [6, 6.07) is 11.3. The van der Waals surface area contributed by atoms with Crippen molar-refractivity contribution in [2.75, 3.05) is 14.2 Å². The molecule has 1 atom stereocenters. The normalized spacial score (nSPS) is 16.7. The standard InChI is InChI=1S/C22H24N4O3/c1-28-18-9-4-10-19(29-2)21(18)17-8-3-11-20(27)25(17)15-16-7-5-12-23-22(16)26-14-6-13-24-26/h4-7,9-10,12-14,17H,3,8,11,15H2,1-2H3. The zero-order valence-corrected chi connectivity index (χ0v) is 16.6. The van der Waals surface area contributed by atoms with Crippen molar-refractivity contribution in [1.29, 1.82) is 0 Å². The summed E-state index contributed by atoms with van der Waals surface area (Å²) in [5.74, 6) is 2.30. The third-order valence-electron chi connectivity index (χ3n) is 5.29. The van der Waals surface area contributed by atoms with Gasteiger partial charge in [0.15, 0.2) is 5.82 Å². The fraction of sp³-hybridized carbons (Fsp3) is 0.318. The molecule has 0 radical (unpaired) electrons. The van der Waals surface area contributed by atoms with E-state index >= 15 is 0 Å². The van der Waals surface area contributed by atoms with Gasteiger partial charge in [-0.3, -0.25) is 4.79 Å². The van der Waals surface area contributed by atoms with Gasteiger partial charge in [-0.25, -0.2) is 9.67 Å². The van der Waals surface area contributed by atoms with Crippen LogP contribution in [0.1, 0.15) is 36.4 Å². The van der Waals surface area contributed by atoms with Gasteiger partial charge in [0.05, 0.1) is 25.8 Å². The van der Waals surface area contributed by atoms with Crippen LogP contribution in [0.5, 0.6) is 11.5 Å². The number of nitrogens with zero attached hydrogens (tertiary/aromatic N) is 4. The van der Waals surface area contributed by atoms with Gasteiger partial charge in [-0.15, -0.1) is 0 Å². The summed E-state index contributed by atoms with van der Waals surface area (Å²) in [4.78, 5) is 19.4. The second-order valence-corrected chi connectivity index (χ2v) is 6.94. The second kappa shape index (κ2) is 8.34. The quantitative estimate of drug-likeness (QED) is 0.642. The SMILES string of the molecule is COc1cccc(OC)c1C1CCCC(=O)N1Cc1cccnc1-n1cccn1. The maximum Gasteiger partial charge on any atom is 0.223 e. The molecule has 7 heteroatoms. The van der Waals surface area contributed by atoms with Crippen LogP contribution in [0.15, 0.2) is 55.0 Å². The van der Waals surface area contributed by atoms with Crippen LogP contribution in [0.2, 0.25) is 0 Å². The fourth-order valence-electron chi connectivity index (χ4n) is 3.96. The largest absolute Gasteiger partial charge is 0.496 e. The molecule has 29 heavy (non-hydrogen) atoms. The minimum Gasteiger partial charge on any atom is -0.496 e. The monoisotopic (exact) mass is 392 g/mol. The van der Waals surface area contributed by atoms with Crippen LogP contribution in [0.25, 0.3) is 5.82 Å². The van der Waals surface area contributed by atoms with Crippen LogP contribution in [0, 0.1) is 0 Å². The Labute approximate surface area is 169 Å². The van der Waals surface area contributed by atoms with E-state index in [0.29, 0.717) is 13.0 Å². The molecular weight excluding hydrogens is 368 g/mol. The summed E-state index contributed by atoms with van der Waals surface area (Å²) < 4.78 is 13.0. The molecular formula is C22H24N4O3. The number of hydrogen-bond donors (Lipinski definition) is 0. The highest BCUT2D eigenvalue weighted by atomic mass is 16.5. The first-order valence-corrected chi connectivity index (χ1v) is 9.67. The molecule has 0 bridgehead atoms. The minimum absolute atomic E-state index is 0.115. The fourth-order valence-corrected chi connectivity index (χ4v) is 3.96. The van der Waals surface area contributed by atoms with Gasteiger partial charge in [0, 0.05) is 37.1 Å². The summed E-state index contributed by atoms with van der Waals surface area (Å²) in [7, 11) is 3.29. The lowest BCUT2D eigenvalue weighted by molar-refractivity contribution is -0.137. The molecule has 1 amide bonds. The van der Waals surface area contributed by atoms with Crippen LogP contribution in [-0.2, 0) is 11.3 Å². The maximum absolute atomic E-state index is 13.0. The first-order valence-electron chi connectivity index (χ1n) is 9.67. The number of piperidine rings is 1. The molecule has 1 aromatic carbocycles. The summed E-state index contributed by atoms with van der Waals surface area (Å²) in [6.45, 7) is 0.438. The summed E-state index contributed by atoms with van der Waals surface area (Å²) in [6.07, 6.45) is 7.52. The van der Waals surface area contributed by atoms with Crippen molar-refractivity contribution in [3.63, 3.8) is 0 Å². The molecule has 0 N–H and O–H groups in total. The van der Waals surface area contributed by atoms with E-state index in [-0.39, 0.29) is 11.9 Å². The van der Waals surface area contributed by atoms with E-state index in [2.05, 4.69) is 10.1 Å². The van der Waals surface area contributed by atoms with Crippen molar-refractivity contribution in [2.45, 2.75) is 31.8 Å². The molecule has 4 rings (SSSR count). The Kier molecular flexibility index (Phi) is 5.46. The van der Waals surface area contributed by atoms with Crippen molar-refractivity contribution in [2.24, 2.45) is 0 Å². The van der Waals surface area contributed by atoms with Crippen LogP contribution in [0.3, 0.4) is 0 Å². The number of carbonyl (C=O) groups is 1. The lowest BCUT2D eigenvalue weighted by Gasteiger charge is -2.37. The second-order valence-electron chi connectivity index (χ2n) is 6.94. The molecule has 1 aliphatic heterocycles. The summed E-state index contributed by atoms with van der Waals surface area (Å²) in [5.41, 5.74) is 1.85. The number of rotatable bonds is 6. The molecule has 1 aliphatic rings. The predicted octanol–water partition coefficient (Wildman–Crippen LogP) is 3.54. The van der Waals surface area contributed by atoms with Crippen LogP contribution in [0.4, 0.5) is 0 Å². The third kappa shape index (κ3) is 3.68. The van der Waals surface area contributed by atoms with Crippen LogP contribution in [-0.4, -0.2) is 39.8 Å². The molecule has 1 unspecified atom stereocenters. The van der Waals surface area contributed by atoms with Crippen molar-refractivity contribution >= 4 is 5.91 Å². The highest BCUT2D eigenvalue weighted by molar-refractivity contribution is 5.78. The van der Waals surface area contributed by atoms with Crippen LogP contribution >= 0.6 is 0 Å². The van der Waals surface area contributed by atoms with Crippen molar-refractivity contribution in [3.05, 3.63) is 66.1 Å². The molecule has 1 fully saturated rings. The average molecular weight is 392 g/mol. The van der Waals surface area contributed by atoms with Crippen LogP contribution < -0.4 is 9.47 Å². The van der Waals surface area contributed by atoms with E-state index in [4.69, 9.17) is 9.47 Å². The predicted molar refractivity (Wildman–Crippen MR) is 108 cm³/mol. The van der Waals surface area contributed by atoms with E-state index in [1.54, 1.807) is 31.3 Å². The molecule has 0 spiro atoms. The van der Waals surface area contributed by atoms with E-state index in [1.165, 1.54) is 0 Å². The summed E-state index contributed by atoms with van der Waals surface area (Å²) >= 11 is 0. The Morgan fingerprint density at radius 2 is 1.86 bits per heavy atom. The zero-order valence-electron chi connectivity index (χ0n) is 16.6. The van der Waals surface area contributed by atoms with Gasteiger partial charge in [0.2, 0.25) is 5.91 Å². The van der Waals surface area contributed by atoms with Gasteiger partial charge < -0.3 is 14.4 Å². The maximum atomic E-state index is 13.0. The Bertz CT molecular complexity index is 965. The molecule has 150 valence electrons. The minimum atomic E-state index is -0.131. The topological polar surface area (TPSA) is 69.5 Å². The number of ether oxygens (including phenoxy) is 2. The van der Waals surface area contributed by atoms with E-state index in [1.807, 2.05) is 47.5 Å². The van der Waals surface area contributed by atoms with Gasteiger partial charge in [-0.1, -0.05) is 12.1 Å².